The van der Waals surface area contributed by atoms with Gasteiger partial charge < -0.3 is 5.73 Å². The number of nitrogen functional groups attached to an aromatic ring is 1. The van der Waals surface area contributed by atoms with E-state index >= 15 is 0 Å². The first-order valence-corrected chi connectivity index (χ1v) is 6.63. The molecule has 0 spiro atoms. The number of anilines is 1. The van der Waals surface area contributed by atoms with Gasteiger partial charge in [0.05, 0.1) is 11.6 Å². The molecule has 0 saturated carbocycles. The van der Waals surface area contributed by atoms with Crippen LogP contribution in [0.2, 0.25) is 5.02 Å². The highest BCUT2D eigenvalue weighted by atomic mass is 35.5. The van der Waals surface area contributed by atoms with Crippen molar-refractivity contribution in [1.29, 1.82) is 0 Å². The number of halogens is 5. The van der Waals surface area contributed by atoms with E-state index in [1.54, 1.807) is 0 Å². The smallest absolute Gasteiger partial charge is 0.320 e. The van der Waals surface area contributed by atoms with E-state index in [0.717, 1.165) is 12.1 Å². The number of nitrogens with two attached hydrogens (primary N) is 1. The van der Waals surface area contributed by atoms with Crippen LogP contribution in [0.1, 0.15) is 0 Å². The number of sulfonamides is 1. The largest absolute Gasteiger partial charge is 0.399 e. The highest BCUT2D eigenvalue weighted by Crippen LogP contribution is 2.25. The average Bonchev–Trinajstić information content (AvgIpc) is 2.30. The summed E-state index contributed by atoms with van der Waals surface area (Å²) in [5, 5.41) is -0.262. The van der Waals surface area contributed by atoms with Crippen molar-refractivity contribution in [2.45, 2.75) is 17.2 Å². The molecule has 10 heteroatoms. The van der Waals surface area contributed by atoms with Gasteiger partial charge in [0, 0.05) is 5.69 Å². The van der Waals surface area contributed by atoms with E-state index in [-0.39, 0.29) is 10.7 Å². The topological polar surface area (TPSA) is 72.2 Å². The van der Waals surface area contributed by atoms with E-state index < -0.39 is 33.8 Å². The van der Waals surface area contributed by atoms with Crippen molar-refractivity contribution in [2.75, 3.05) is 12.3 Å². The Balaban J connectivity index is 2.97. The monoisotopic (exact) mass is 320 g/mol. The molecule has 0 unspecified atom stereocenters. The van der Waals surface area contributed by atoms with Gasteiger partial charge in [0.15, 0.2) is 0 Å². The van der Waals surface area contributed by atoms with Gasteiger partial charge >= 0.3 is 12.3 Å². The maximum atomic E-state index is 12.6. The number of hydrogen-bond donors (Lipinski definition) is 2. The molecule has 19 heavy (non-hydrogen) atoms. The van der Waals surface area contributed by atoms with Crippen LogP contribution in [0.15, 0.2) is 23.1 Å². The van der Waals surface area contributed by atoms with Crippen LogP contribution in [-0.2, 0) is 10.0 Å². The minimum Gasteiger partial charge on any atom is -0.399 e. The molecular weight excluding hydrogens is 312 g/mol. The quantitative estimate of drug-likeness (QED) is 0.644. The lowest BCUT2D eigenvalue weighted by molar-refractivity contribution is -0.122. The predicted molar refractivity (Wildman–Crippen MR) is 62.0 cm³/mol. The van der Waals surface area contributed by atoms with Gasteiger partial charge in [0.25, 0.3) is 0 Å². The van der Waals surface area contributed by atoms with Crippen molar-refractivity contribution in [1.82, 2.24) is 4.72 Å². The maximum absolute atomic E-state index is 12.6. The number of nitrogens with one attached hydrogen (secondary N) is 1. The minimum atomic E-state index is -4.47. The lowest BCUT2D eigenvalue weighted by atomic mass is 10.3. The molecular formula is C9H9ClF4N2O2S. The Bertz CT molecular complexity index is 565. The summed E-state index contributed by atoms with van der Waals surface area (Å²) in [7, 11) is -4.46. The van der Waals surface area contributed by atoms with Crippen LogP contribution in [0, 0.1) is 0 Å². The van der Waals surface area contributed by atoms with E-state index in [1.807, 2.05) is 0 Å². The third-order valence-corrected chi connectivity index (χ3v) is 3.94. The molecule has 3 N–H and O–H groups in total. The number of benzene rings is 1. The predicted octanol–water partition coefficient (Wildman–Crippen LogP) is 2.10. The summed E-state index contributed by atoms with van der Waals surface area (Å²) in [6.07, 6.45) is -3.98. The fourth-order valence-electron chi connectivity index (χ4n) is 1.07. The van der Waals surface area contributed by atoms with E-state index in [4.69, 9.17) is 17.3 Å². The zero-order chi connectivity index (χ0) is 14.8. The molecule has 0 saturated heterocycles. The van der Waals surface area contributed by atoms with Crippen molar-refractivity contribution in [3.05, 3.63) is 23.2 Å². The van der Waals surface area contributed by atoms with Gasteiger partial charge in [0.2, 0.25) is 10.0 Å². The molecule has 0 fully saturated rings. The summed E-state index contributed by atoms with van der Waals surface area (Å²) in [6.45, 7) is -1.74. The second kappa shape index (κ2) is 5.51. The average molecular weight is 321 g/mol. The molecule has 0 heterocycles. The zero-order valence-electron chi connectivity index (χ0n) is 9.21. The number of alkyl halides is 4. The van der Waals surface area contributed by atoms with Crippen LogP contribution in [0.5, 0.6) is 0 Å². The SMILES string of the molecule is Nc1ccc(Cl)c(S(=O)(=O)NCC(F)(F)C(F)F)c1. The van der Waals surface area contributed by atoms with Crippen molar-refractivity contribution in [3.63, 3.8) is 0 Å². The molecule has 1 aromatic rings. The van der Waals surface area contributed by atoms with Gasteiger partial charge in [-0.1, -0.05) is 11.6 Å². The van der Waals surface area contributed by atoms with E-state index in [0.29, 0.717) is 0 Å². The summed E-state index contributed by atoms with van der Waals surface area (Å²) in [6, 6.07) is 3.39. The second-order valence-electron chi connectivity index (χ2n) is 3.58. The molecule has 0 aliphatic heterocycles. The molecule has 0 amide bonds. The second-order valence-corrected chi connectivity index (χ2v) is 5.72. The van der Waals surface area contributed by atoms with Gasteiger partial charge in [-0.3, -0.25) is 0 Å². The first-order valence-electron chi connectivity index (χ1n) is 4.77. The highest BCUT2D eigenvalue weighted by molar-refractivity contribution is 7.89. The Morgan fingerprint density at radius 3 is 2.47 bits per heavy atom. The van der Waals surface area contributed by atoms with Crippen LogP contribution in [0.4, 0.5) is 23.2 Å². The fourth-order valence-corrected chi connectivity index (χ4v) is 2.65. The molecule has 0 bridgehead atoms. The van der Waals surface area contributed by atoms with Crippen LogP contribution >= 0.6 is 11.6 Å². The third kappa shape index (κ3) is 3.95. The summed E-state index contributed by atoms with van der Waals surface area (Å²) in [5.74, 6) is -4.47. The molecule has 0 aliphatic rings. The number of hydrogen-bond acceptors (Lipinski definition) is 3. The van der Waals surface area contributed by atoms with Gasteiger partial charge in [-0.25, -0.2) is 21.9 Å². The first kappa shape index (κ1) is 16.0. The molecule has 4 nitrogen and oxygen atoms in total. The molecule has 0 atom stereocenters. The van der Waals surface area contributed by atoms with Gasteiger partial charge in [0.1, 0.15) is 4.90 Å². The zero-order valence-corrected chi connectivity index (χ0v) is 10.8. The van der Waals surface area contributed by atoms with Gasteiger partial charge in [-0.2, -0.15) is 8.78 Å². The van der Waals surface area contributed by atoms with E-state index in [1.165, 1.54) is 10.8 Å². The van der Waals surface area contributed by atoms with Crippen molar-refractivity contribution in [3.8, 4) is 0 Å². The Labute approximate surface area is 111 Å². The Kier molecular flexibility index (Phi) is 4.64. The standard InChI is InChI=1S/C9H9ClF4N2O2S/c10-6-2-1-5(15)3-7(6)19(17,18)16-4-9(13,14)8(11)12/h1-3,8,16H,4,15H2. The van der Waals surface area contributed by atoms with E-state index in [9.17, 15) is 26.0 Å². The highest BCUT2D eigenvalue weighted by Gasteiger charge is 2.41. The lowest BCUT2D eigenvalue weighted by Gasteiger charge is -2.16. The van der Waals surface area contributed by atoms with Crippen LogP contribution in [-0.4, -0.2) is 27.3 Å². The Morgan fingerprint density at radius 1 is 1.37 bits per heavy atom. The summed E-state index contributed by atoms with van der Waals surface area (Å²) >= 11 is 5.58. The molecule has 0 radical (unpaired) electrons. The Hall–Kier alpha value is -1.06. The molecule has 1 rings (SSSR count). The van der Waals surface area contributed by atoms with Crippen molar-refractivity contribution in [2.24, 2.45) is 0 Å². The Morgan fingerprint density at radius 2 is 1.95 bits per heavy atom. The normalized spacial score (nSPS) is 12.9. The van der Waals surface area contributed by atoms with Gasteiger partial charge in [-0.05, 0) is 18.2 Å². The van der Waals surface area contributed by atoms with E-state index in [2.05, 4.69) is 0 Å². The number of rotatable bonds is 5. The van der Waals surface area contributed by atoms with Crippen LogP contribution in [0.25, 0.3) is 0 Å². The van der Waals surface area contributed by atoms with Crippen LogP contribution < -0.4 is 10.5 Å². The third-order valence-electron chi connectivity index (χ3n) is 2.06. The summed E-state index contributed by atoms with van der Waals surface area (Å²) in [4.78, 5) is -0.556. The summed E-state index contributed by atoms with van der Waals surface area (Å²) in [5.41, 5.74) is 5.37. The molecule has 1 aromatic carbocycles. The molecule has 0 aromatic heterocycles. The molecule has 0 aliphatic carbocycles. The summed E-state index contributed by atoms with van der Waals surface area (Å²) < 4.78 is 73.7. The lowest BCUT2D eigenvalue weighted by Crippen LogP contribution is -2.41. The fraction of sp³-hybridized carbons (Fsp3) is 0.333. The molecule has 108 valence electrons. The minimum absolute atomic E-state index is 0.0328. The van der Waals surface area contributed by atoms with Crippen molar-refractivity contribution >= 4 is 27.3 Å². The van der Waals surface area contributed by atoms with Gasteiger partial charge in [-0.15, -0.1) is 0 Å². The maximum Gasteiger partial charge on any atom is 0.320 e. The van der Waals surface area contributed by atoms with Crippen LogP contribution in [0.3, 0.4) is 0 Å². The first-order chi connectivity index (χ1) is 8.56. The van der Waals surface area contributed by atoms with Crippen molar-refractivity contribution < 1.29 is 26.0 Å².